The van der Waals surface area contributed by atoms with Crippen LogP contribution in [0.3, 0.4) is 0 Å². The van der Waals surface area contributed by atoms with E-state index in [9.17, 15) is 9.59 Å². The summed E-state index contributed by atoms with van der Waals surface area (Å²) in [6.45, 7) is 2.53. The first-order chi connectivity index (χ1) is 11.0. The lowest BCUT2D eigenvalue weighted by atomic mass is 10.0. The summed E-state index contributed by atoms with van der Waals surface area (Å²) in [5.74, 6) is 1.28. The quantitative estimate of drug-likeness (QED) is 0.763. The molecule has 0 radical (unpaired) electrons. The largest absolute Gasteiger partial charge is 0.486 e. The molecule has 1 aromatic rings. The van der Waals surface area contributed by atoms with Gasteiger partial charge >= 0.3 is 0 Å². The predicted molar refractivity (Wildman–Crippen MR) is 85.1 cm³/mol. The number of nitrogens with zero attached hydrogens (tertiary/aromatic N) is 2. The third-order valence-electron chi connectivity index (χ3n) is 4.38. The van der Waals surface area contributed by atoms with Gasteiger partial charge in [0.15, 0.2) is 17.3 Å². The minimum absolute atomic E-state index is 0.0417. The molecule has 23 heavy (non-hydrogen) atoms. The van der Waals surface area contributed by atoms with Crippen LogP contribution in [0.25, 0.3) is 0 Å². The fraction of sp³-hybridized carbons (Fsp3) is 0.529. The maximum Gasteiger partial charge on any atom is 0.223 e. The number of likely N-dealkylation sites (tertiary alicyclic amines) is 1. The van der Waals surface area contributed by atoms with Gasteiger partial charge in [0.1, 0.15) is 13.2 Å². The summed E-state index contributed by atoms with van der Waals surface area (Å²) in [5.41, 5.74) is 0.567. The predicted octanol–water partition coefficient (Wildman–Crippen LogP) is 1.19. The zero-order chi connectivity index (χ0) is 16.4. The Kier molecular flexibility index (Phi) is 4.52. The first kappa shape index (κ1) is 15.8. The molecule has 0 N–H and O–H groups in total. The molecule has 2 aliphatic heterocycles. The fourth-order valence-corrected chi connectivity index (χ4v) is 2.73. The van der Waals surface area contributed by atoms with Crippen LogP contribution in [-0.2, 0) is 4.79 Å². The molecule has 0 unspecified atom stereocenters. The molecule has 1 amide bonds. The lowest BCUT2D eigenvalue weighted by Crippen LogP contribution is -2.59. The smallest absolute Gasteiger partial charge is 0.223 e. The lowest BCUT2D eigenvalue weighted by molar-refractivity contribution is -0.137. The molecule has 0 aliphatic carbocycles. The minimum Gasteiger partial charge on any atom is -0.486 e. The van der Waals surface area contributed by atoms with Crippen molar-refractivity contribution in [1.29, 1.82) is 0 Å². The van der Waals surface area contributed by atoms with Crippen molar-refractivity contribution < 1.29 is 19.1 Å². The van der Waals surface area contributed by atoms with Crippen molar-refractivity contribution >= 4 is 11.7 Å². The van der Waals surface area contributed by atoms with Gasteiger partial charge in [0.25, 0.3) is 0 Å². The molecule has 2 heterocycles. The molecule has 0 saturated carbocycles. The number of rotatable bonds is 5. The van der Waals surface area contributed by atoms with E-state index in [1.54, 1.807) is 18.2 Å². The van der Waals surface area contributed by atoms with Crippen molar-refractivity contribution in [3.05, 3.63) is 23.8 Å². The highest BCUT2D eigenvalue weighted by Gasteiger charge is 2.31. The molecule has 2 aliphatic rings. The molecule has 0 bridgehead atoms. The van der Waals surface area contributed by atoms with Gasteiger partial charge in [-0.15, -0.1) is 0 Å². The van der Waals surface area contributed by atoms with Crippen LogP contribution >= 0.6 is 0 Å². The molecule has 1 saturated heterocycles. The number of amides is 1. The van der Waals surface area contributed by atoms with E-state index in [1.165, 1.54) is 0 Å². The van der Waals surface area contributed by atoms with Gasteiger partial charge in [-0.3, -0.25) is 9.59 Å². The van der Waals surface area contributed by atoms with Gasteiger partial charge in [-0.1, -0.05) is 0 Å². The molecule has 3 rings (SSSR count). The summed E-state index contributed by atoms with van der Waals surface area (Å²) < 4.78 is 10.9. The summed E-state index contributed by atoms with van der Waals surface area (Å²) >= 11 is 0. The average molecular weight is 318 g/mol. The monoisotopic (exact) mass is 318 g/mol. The highest BCUT2D eigenvalue weighted by Crippen LogP contribution is 2.31. The molecule has 0 atom stereocenters. The van der Waals surface area contributed by atoms with Crippen molar-refractivity contribution in [2.24, 2.45) is 0 Å². The summed E-state index contributed by atoms with van der Waals surface area (Å²) in [4.78, 5) is 28.3. The Hall–Kier alpha value is -2.08. The van der Waals surface area contributed by atoms with Gasteiger partial charge < -0.3 is 19.3 Å². The fourth-order valence-electron chi connectivity index (χ4n) is 2.73. The van der Waals surface area contributed by atoms with Crippen LogP contribution in [0, 0.1) is 0 Å². The van der Waals surface area contributed by atoms with Crippen LogP contribution in [-0.4, -0.2) is 67.9 Å². The maximum absolute atomic E-state index is 12.3. The summed E-state index contributed by atoms with van der Waals surface area (Å²) in [6.07, 6.45) is 0.481. The summed E-state index contributed by atoms with van der Waals surface area (Å²) in [6, 6.07) is 5.62. The molecule has 6 heteroatoms. The van der Waals surface area contributed by atoms with Gasteiger partial charge in [0, 0.05) is 37.5 Å². The second kappa shape index (κ2) is 6.58. The number of hydrogen-bond acceptors (Lipinski definition) is 5. The van der Waals surface area contributed by atoms with Crippen LogP contribution < -0.4 is 9.47 Å². The van der Waals surface area contributed by atoms with E-state index in [-0.39, 0.29) is 24.5 Å². The van der Waals surface area contributed by atoms with E-state index in [0.717, 1.165) is 13.1 Å². The summed E-state index contributed by atoms with van der Waals surface area (Å²) in [7, 11) is 4.02. The van der Waals surface area contributed by atoms with Gasteiger partial charge in [-0.25, -0.2) is 0 Å². The number of ether oxygens (including phenoxy) is 2. The minimum atomic E-state index is -0.0417. The van der Waals surface area contributed by atoms with Crippen molar-refractivity contribution in [3.63, 3.8) is 0 Å². The number of likely N-dealkylation sites (N-methyl/N-ethyl adjacent to an activating group) is 1. The lowest BCUT2D eigenvalue weighted by Gasteiger charge is -2.42. The Labute approximate surface area is 136 Å². The highest BCUT2D eigenvalue weighted by molar-refractivity contribution is 5.98. The van der Waals surface area contributed by atoms with Crippen LogP contribution in [0.5, 0.6) is 11.5 Å². The van der Waals surface area contributed by atoms with Crippen molar-refractivity contribution in [3.8, 4) is 11.5 Å². The van der Waals surface area contributed by atoms with Gasteiger partial charge in [0.05, 0.1) is 0 Å². The maximum atomic E-state index is 12.3. The van der Waals surface area contributed by atoms with Crippen LogP contribution in [0.4, 0.5) is 0 Å². The normalized spacial score (nSPS) is 17.1. The molecule has 1 aromatic carbocycles. The number of fused-ring (bicyclic) bond motifs is 1. The zero-order valence-corrected chi connectivity index (χ0v) is 13.6. The molecule has 124 valence electrons. The third-order valence-corrected chi connectivity index (χ3v) is 4.38. The Bertz CT molecular complexity index is 609. The number of carbonyl (C=O) groups excluding carboxylic acids is 2. The van der Waals surface area contributed by atoms with Crippen LogP contribution in [0.2, 0.25) is 0 Å². The van der Waals surface area contributed by atoms with E-state index in [4.69, 9.17) is 9.47 Å². The second-order valence-corrected chi connectivity index (χ2v) is 6.20. The van der Waals surface area contributed by atoms with E-state index in [1.807, 2.05) is 19.0 Å². The molecule has 0 spiro atoms. The van der Waals surface area contributed by atoms with E-state index in [0.29, 0.717) is 36.3 Å². The average Bonchev–Trinajstić information content (AvgIpc) is 2.50. The second-order valence-electron chi connectivity index (χ2n) is 6.20. The molecule has 0 aromatic heterocycles. The van der Waals surface area contributed by atoms with Crippen molar-refractivity contribution in [2.45, 2.75) is 18.9 Å². The van der Waals surface area contributed by atoms with Gasteiger partial charge in [-0.05, 0) is 32.3 Å². The zero-order valence-electron chi connectivity index (χ0n) is 13.6. The Morgan fingerprint density at radius 2 is 1.83 bits per heavy atom. The third kappa shape index (κ3) is 3.47. The van der Waals surface area contributed by atoms with Gasteiger partial charge in [-0.2, -0.15) is 0 Å². The number of ketones is 1. The van der Waals surface area contributed by atoms with E-state index >= 15 is 0 Å². The van der Waals surface area contributed by atoms with E-state index < -0.39 is 0 Å². The molecule has 1 fully saturated rings. The Balaban J connectivity index is 1.51. The topological polar surface area (TPSA) is 59.1 Å². The highest BCUT2D eigenvalue weighted by atomic mass is 16.6. The molecular formula is C17H22N2O4. The van der Waals surface area contributed by atoms with Crippen LogP contribution in [0.15, 0.2) is 18.2 Å². The number of Topliss-reactive ketones (excluding diaryl/α,β-unsaturated/α-hetero) is 1. The summed E-state index contributed by atoms with van der Waals surface area (Å²) in [5, 5.41) is 0. The van der Waals surface area contributed by atoms with Crippen molar-refractivity contribution in [2.75, 3.05) is 40.4 Å². The first-order valence-corrected chi connectivity index (χ1v) is 7.91. The van der Waals surface area contributed by atoms with Crippen LogP contribution in [0.1, 0.15) is 23.2 Å². The van der Waals surface area contributed by atoms with Crippen molar-refractivity contribution in [1.82, 2.24) is 9.80 Å². The Morgan fingerprint density at radius 3 is 2.52 bits per heavy atom. The standard InChI is InChI=1S/C17H22N2O4/c1-18(2)13-10-19(11-13)17(21)6-4-14(20)12-3-5-15-16(9-12)23-8-7-22-15/h3,5,9,13H,4,6-8,10-11H2,1-2H3. The molecule has 6 nitrogen and oxygen atoms in total. The number of hydrogen-bond donors (Lipinski definition) is 0. The molecular weight excluding hydrogens is 296 g/mol. The first-order valence-electron chi connectivity index (χ1n) is 7.91. The van der Waals surface area contributed by atoms with E-state index in [2.05, 4.69) is 4.90 Å². The SMILES string of the molecule is CN(C)C1CN(C(=O)CCC(=O)c2ccc3c(c2)OCCO3)C1. The van der Waals surface area contributed by atoms with Gasteiger partial charge in [0.2, 0.25) is 5.91 Å². The number of benzene rings is 1. The Morgan fingerprint density at radius 1 is 1.13 bits per heavy atom. The number of carbonyl (C=O) groups is 2.